The standard InChI is InChI=1S/C18H21N3O2S/c1-13-12-24-18(23)21(13)10-8-17(22)19-9-4-5-14-11-20-16-7-3-2-6-15(14)16/h2-3,6-7,11-12,20H,4-5,8-10H2,1H3,(H,19,22). The molecule has 6 heteroatoms. The summed E-state index contributed by atoms with van der Waals surface area (Å²) in [5.41, 5.74) is 3.34. The first kappa shape index (κ1) is 16.5. The minimum Gasteiger partial charge on any atom is -0.361 e. The number of thiazole rings is 1. The lowest BCUT2D eigenvalue weighted by atomic mass is 10.1. The number of aromatic nitrogens is 2. The Morgan fingerprint density at radius 2 is 2.17 bits per heavy atom. The zero-order chi connectivity index (χ0) is 16.9. The minimum absolute atomic E-state index is 0.000337. The summed E-state index contributed by atoms with van der Waals surface area (Å²) in [6, 6.07) is 8.23. The Hall–Kier alpha value is -2.34. The largest absolute Gasteiger partial charge is 0.361 e. The summed E-state index contributed by atoms with van der Waals surface area (Å²) < 4.78 is 1.65. The molecule has 0 spiro atoms. The number of fused-ring (bicyclic) bond motifs is 1. The summed E-state index contributed by atoms with van der Waals surface area (Å²) in [6.45, 7) is 2.98. The van der Waals surface area contributed by atoms with Gasteiger partial charge in [-0.2, -0.15) is 0 Å². The van der Waals surface area contributed by atoms with E-state index < -0.39 is 0 Å². The van der Waals surface area contributed by atoms with Crippen molar-refractivity contribution in [1.82, 2.24) is 14.9 Å². The summed E-state index contributed by atoms with van der Waals surface area (Å²) in [6.07, 6.45) is 4.20. The molecule has 2 heterocycles. The second-order valence-corrected chi connectivity index (χ2v) is 6.68. The fraction of sp³-hybridized carbons (Fsp3) is 0.333. The predicted octanol–water partition coefficient (Wildman–Crippen LogP) is 2.84. The predicted molar refractivity (Wildman–Crippen MR) is 97.6 cm³/mol. The number of hydrogen-bond donors (Lipinski definition) is 2. The van der Waals surface area contributed by atoms with Crippen LogP contribution >= 0.6 is 11.3 Å². The summed E-state index contributed by atoms with van der Waals surface area (Å²) in [7, 11) is 0. The number of carbonyl (C=O) groups excluding carboxylic acids is 1. The fourth-order valence-corrected chi connectivity index (χ4v) is 3.58. The van der Waals surface area contributed by atoms with Crippen LogP contribution in [0.5, 0.6) is 0 Å². The number of aromatic amines is 1. The molecule has 2 aromatic heterocycles. The average molecular weight is 343 g/mol. The van der Waals surface area contributed by atoms with Crippen molar-refractivity contribution in [2.24, 2.45) is 0 Å². The van der Waals surface area contributed by atoms with Gasteiger partial charge in [-0.25, -0.2) is 0 Å². The fourth-order valence-electron chi connectivity index (χ4n) is 2.82. The Kier molecular flexibility index (Phi) is 5.15. The average Bonchev–Trinajstić information content (AvgIpc) is 3.14. The maximum atomic E-state index is 11.9. The van der Waals surface area contributed by atoms with Crippen molar-refractivity contribution >= 4 is 28.1 Å². The molecule has 3 rings (SSSR count). The lowest BCUT2D eigenvalue weighted by Crippen LogP contribution is -2.27. The first-order valence-electron chi connectivity index (χ1n) is 8.12. The Balaban J connectivity index is 1.42. The molecule has 0 saturated heterocycles. The SMILES string of the molecule is Cc1csc(=O)n1CCC(=O)NCCCc1c[nH]c2ccccc12. The van der Waals surface area contributed by atoms with Gasteiger partial charge in [0.15, 0.2) is 0 Å². The van der Waals surface area contributed by atoms with Crippen LogP contribution in [0.2, 0.25) is 0 Å². The number of H-pyrrole nitrogens is 1. The van der Waals surface area contributed by atoms with Gasteiger partial charge in [-0.05, 0) is 31.4 Å². The molecule has 0 atom stereocenters. The van der Waals surface area contributed by atoms with Gasteiger partial charge in [-0.1, -0.05) is 29.5 Å². The summed E-state index contributed by atoms with van der Waals surface area (Å²) in [5.74, 6) is -0.00794. The van der Waals surface area contributed by atoms with Crippen LogP contribution in [-0.2, 0) is 17.8 Å². The number of amides is 1. The first-order chi connectivity index (χ1) is 11.6. The van der Waals surface area contributed by atoms with Crippen molar-refractivity contribution in [3.05, 3.63) is 56.8 Å². The molecule has 5 nitrogen and oxygen atoms in total. The number of benzene rings is 1. The molecule has 0 radical (unpaired) electrons. The van der Waals surface area contributed by atoms with Crippen molar-refractivity contribution in [3.8, 4) is 0 Å². The van der Waals surface area contributed by atoms with E-state index in [1.807, 2.05) is 30.6 Å². The number of hydrogen-bond acceptors (Lipinski definition) is 3. The number of nitrogens with one attached hydrogen (secondary N) is 2. The number of aryl methyl sites for hydroxylation is 2. The van der Waals surface area contributed by atoms with Crippen LogP contribution in [0.3, 0.4) is 0 Å². The van der Waals surface area contributed by atoms with Gasteiger partial charge in [-0.3, -0.25) is 9.59 Å². The summed E-state index contributed by atoms with van der Waals surface area (Å²) in [4.78, 5) is 26.8. The Morgan fingerprint density at radius 3 is 2.96 bits per heavy atom. The van der Waals surface area contributed by atoms with Crippen LogP contribution in [0.1, 0.15) is 24.1 Å². The first-order valence-corrected chi connectivity index (χ1v) is 9.00. The molecule has 126 valence electrons. The summed E-state index contributed by atoms with van der Waals surface area (Å²) in [5, 5.41) is 6.00. The van der Waals surface area contributed by atoms with Crippen LogP contribution in [0.4, 0.5) is 0 Å². The van der Waals surface area contributed by atoms with Crippen LogP contribution in [-0.4, -0.2) is 22.0 Å². The van der Waals surface area contributed by atoms with Gasteiger partial charge < -0.3 is 14.9 Å². The molecule has 1 amide bonds. The number of nitrogens with zero attached hydrogens (tertiary/aromatic N) is 1. The minimum atomic E-state index is -0.00794. The zero-order valence-corrected chi connectivity index (χ0v) is 14.5. The van der Waals surface area contributed by atoms with Crippen molar-refractivity contribution in [1.29, 1.82) is 0 Å². The molecule has 3 aromatic rings. The van der Waals surface area contributed by atoms with Crippen molar-refractivity contribution < 1.29 is 4.79 Å². The highest BCUT2D eigenvalue weighted by Crippen LogP contribution is 2.18. The third kappa shape index (κ3) is 3.76. The third-order valence-corrected chi connectivity index (χ3v) is 5.04. The van der Waals surface area contributed by atoms with Gasteiger partial charge >= 0.3 is 4.87 Å². The van der Waals surface area contributed by atoms with Gasteiger partial charge in [0, 0.05) is 47.7 Å². The molecule has 1 aromatic carbocycles. The Morgan fingerprint density at radius 1 is 1.33 bits per heavy atom. The van der Waals surface area contributed by atoms with E-state index in [9.17, 15) is 9.59 Å². The van der Waals surface area contributed by atoms with Gasteiger partial charge in [0.2, 0.25) is 5.91 Å². The molecule has 0 unspecified atom stereocenters. The zero-order valence-electron chi connectivity index (χ0n) is 13.7. The Bertz CT molecular complexity index is 891. The van der Waals surface area contributed by atoms with E-state index >= 15 is 0 Å². The van der Waals surface area contributed by atoms with Crippen LogP contribution in [0, 0.1) is 6.92 Å². The highest BCUT2D eigenvalue weighted by atomic mass is 32.1. The van der Waals surface area contributed by atoms with E-state index in [0.29, 0.717) is 19.5 Å². The quantitative estimate of drug-likeness (QED) is 0.648. The van der Waals surface area contributed by atoms with E-state index in [2.05, 4.69) is 22.4 Å². The molecular weight excluding hydrogens is 322 g/mol. The van der Waals surface area contributed by atoms with Gasteiger partial charge in [0.25, 0.3) is 0 Å². The molecule has 24 heavy (non-hydrogen) atoms. The highest BCUT2D eigenvalue weighted by Gasteiger charge is 2.07. The maximum Gasteiger partial charge on any atom is 0.307 e. The van der Waals surface area contributed by atoms with Crippen molar-refractivity contribution in [3.63, 3.8) is 0 Å². The molecular formula is C18H21N3O2S. The normalized spacial score (nSPS) is 11.0. The second kappa shape index (κ2) is 7.49. The molecule has 0 aliphatic carbocycles. The van der Waals surface area contributed by atoms with E-state index in [1.54, 1.807) is 4.57 Å². The molecule has 0 aliphatic rings. The van der Waals surface area contributed by atoms with E-state index in [-0.39, 0.29) is 10.8 Å². The molecule has 0 bridgehead atoms. The lowest BCUT2D eigenvalue weighted by Gasteiger charge is -2.06. The monoisotopic (exact) mass is 343 g/mol. The molecule has 2 N–H and O–H groups in total. The molecule has 0 aliphatic heterocycles. The van der Waals surface area contributed by atoms with Crippen molar-refractivity contribution in [2.45, 2.75) is 32.7 Å². The second-order valence-electron chi connectivity index (χ2n) is 5.86. The van der Waals surface area contributed by atoms with Gasteiger partial charge in [-0.15, -0.1) is 0 Å². The maximum absolute atomic E-state index is 11.9. The van der Waals surface area contributed by atoms with Crippen LogP contribution < -0.4 is 10.2 Å². The van der Waals surface area contributed by atoms with E-state index in [1.165, 1.54) is 22.3 Å². The molecule has 0 fully saturated rings. The number of para-hydroxylation sites is 1. The smallest absolute Gasteiger partial charge is 0.307 e. The van der Waals surface area contributed by atoms with Crippen LogP contribution in [0.25, 0.3) is 10.9 Å². The highest BCUT2D eigenvalue weighted by molar-refractivity contribution is 7.07. The summed E-state index contributed by atoms with van der Waals surface area (Å²) >= 11 is 1.18. The number of carbonyl (C=O) groups is 1. The van der Waals surface area contributed by atoms with Gasteiger partial charge in [0.05, 0.1) is 0 Å². The van der Waals surface area contributed by atoms with E-state index in [4.69, 9.17) is 0 Å². The number of rotatable bonds is 7. The van der Waals surface area contributed by atoms with E-state index in [0.717, 1.165) is 24.1 Å². The third-order valence-electron chi connectivity index (χ3n) is 4.16. The van der Waals surface area contributed by atoms with Crippen molar-refractivity contribution in [2.75, 3.05) is 6.54 Å². The lowest BCUT2D eigenvalue weighted by molar-refractivity contribution is -0.121. The molecule has 0 saturated carbocycles. The topological polar surface area (TPSA) is 66.9 Å². The van der Waals surface area contributed by atoms with Gasteiger partial charge in [0.1, 0.15) is 0 Å². The Labute approximate surface area is 144 Å². The van der Waals surface area contributed by atoms with Crippen LogP contribution in [0.15, 0.2) is 40.6 Å².